The Morgan fingerprint density at radius 3 is 2.18 bits per heavy atom. The average Bonchev–Trinajstić information content (AvgIpc) is 4.02. The summed E-state index contributed by atoms with van der Waals surface area (Å²) >= 11 is 0. The van der Waals surface area contributed by atoms with Crippen molar-refractivity contribution in [2.24, 2.45) is 23.7 Å². The van der Waals surface area contributed by atoms with Gasteiger partial charge in [-0.15, -0.1) is 0 Å². The molecular formula is C73H58. The van der Waals surface area contributed by atoms with E-state index in [0.29, 0.717) is 17.8 Å². The van der Waals surface area contributed by atoms with E-state index < -0.39 is 0 Å². The lowest BCUT2D eigenvalue weighted by atomic mass is 9.62. The van der Waals surface area contributed by atoms with Crippen molar-refractivity contribution in [1.29, 1.82) is 0 Å². The second-order valence-corrected chi connectivity index (χ2v) is 23.2. The Balaban J connectivity index is 0.894. The molecule has 0 heteroatoms. The fraction of sp³-hybridized carbons (Fsp3) is 0.205. The minimum Gasteiger partial charge on any atom is -0.0836 e. The average molecular weight is 935 g/mol. The molecule has 0 radical (unpaired) electrons. The molecule has 9 aliphatic carbocycles. The summed E-state index contributed by atoms with van der Waals surface area (Å²) in [7, 11) is 0. The van der Waals surface area contributed by atoms with Gasteiger partial charge in [-0.25, -0.2) is 0 Å². The highest BCUT2D eigenvalue weighted by Gasteiger charge is 2.50. The lowest BCUT2D eigenvalue weighted by Crippen LogP contribution is -2.30. The van der Waals surface area contributed by atoms with E-state index in [-0.39, 0.29) is 17.3 Å². The molecule has 0 bridgehead atoms. The zero-order chi connectivity index (χ0) is 48.4. The van der Waals surface area contributed by atoms with Crippen LogP contribution in [0.3, 0.4) is 0 Å². The summed E-state index contributed by atoms with van der Waals surface area (Å²) in [5.41, 5.74) is 36.0. The Morgan fingerprint density at radius 2 is 1.33 bits per heavy atom. The summed E-state index contributed by atoms with van der Waals surface area (Å²) in [6, 6.07) is 47.0. The van der Waals surface area contributed by atoms with Gasteiger partial charge in [0, 0.05) is 29.1 Å². The quantitative estimate of drug-likeness (QED) is 0.165. The normalized spacial score (nSPS) is 23.5. The van der Waals surface area contributed by atoms with Crippen molar-refractivity contribution in [1.82, 2.24) is 0 Å². The molecule has 0 saturated heterocycles. The minimum atomic E-state index is -0.204. The van der Waals surface area contributed by atoms with Gasteiger partial charge in [0.2, 0.25) is 0 Å². The molecule has 73 heavy (non-hydrogen) atoms. The number of allylic oxidation sites excluding steroid dienone is 16. The van der Waals surface area contributed by atoms with Crippen molar-refractivity contribution in [3.05, 3.63) is 260 Å². The molecule has 0 aromatic heterocycles. The fourth-order valence-electron chi connectivity index (χ4n) is 16.1. The van der Waals surface area contributed by atoms with E-state index in [9.17, 15) is 0 Å². The van der Waals surface area contributed by atoms with Crippen molar-refractivity contribution in [2.75, 3.05) is 0 Å². The molecular weight excluding hydrogens is 877 g/mol. The molecule has 0 saturated carbocycles. The molecule has 0 heterocycles. The van der Waals surface area contributed by atoms with Gasteiger partial charge in [-0.3, -0.25) is 0 Å². The van der Waals surface area contributed by atoms with E-state index in [1.54, 1.807) is 27.9 Å². The Labute approximate surface area is 430 Å². The number of benzene rings is 7. The lowest BCUT2D eigenvalue weighted by molar-refractivity contribution is 0.433. The zero-order valence-corrected chi connectivity index (χ0v) is 42.3. The van der Waals surface area contributed by atoms with Crippen molar-refractivity contribution >= 4 is 33.6 Å². The van der Waals surface area contributed by atoms with Crippen LogP contribution in [-0.2, 0) is 18.3 Å². The van der Waals surface area contributed by atoms with Gasteiger partial charge in [-0.2, -0.15) is 0 Å². The van der Waals surface area contributed by atoms with Crippen molar-refractivity contribution in [2.45, 2.75) is 71.1 Å². The van der Waals surface area contributed by atoms with Crippen molar-refractivity contribution < 1.29 is 0 Å². The first-order valence-corrected chi connectivity index (χ1v) is 27.3. The van der Waals surface area contributed by atoms with Crippen molar-refractivity contribution in [3.8, 4) is 44.5 Å². The Bertz CT molecular complexity index is 3970. The predicted octanol–water partition coefficient (Wildman–Crippen LogP) is 18.5. The van der Waals surface area contributed by atoms with Crippen LogP contribution in [0.5, 0.6) is 0 Å². The molecule has 0 spiro atoms. The summed E-state index contributed by atoms with van der Waals surface area (Å²) in [6.45, 7) is 9.67. The highest BCUT2D eigenvalue weighted by atomic mass is 14.5. The van der Waals surface area contributed by atoms with E-state index in [0.717, 1.165) is 32.1 Å². The molecule has 0 amide bonds. The van der Waals surface area contributed by atoms with Crippen LogP contribution in [0.25, 0.3) is 78.1 Å². The van der Waals surface area contributed by atoms with Crippen LogP contribution in [0.15, 0.2) is 204 Å². The maximum absolute atomic E-state index is 2.72. The van der Waals surface area contributed by atoms with Crippen LogP contribution in [-0.4, -0.2) is 0 Å². The van der Waals surface area contributed by atoms with Crippen LogP contribution < -0.4 is 0 Å². The van der Waals surface area contributed by atoms with Gasteiger partial charge in [0.25, 0.3) is 0 Å². The third kappa shape index (κ3) is 5.68. The van der Waals surface area contributed by atoms with Crippen LogP contribution >= 0.6 is 0 Å². The zero-order valence-electron chi connectivity index (χ0n) is 42.3. The first kappa shape index (κ1) is 42.0. The molecule has 0 N–H and O–H groups in total. The molecule has 16 rings (SSSR count). The largest absolute Gasteiger partial charge is 0.0836 e. The monoisotopic (exact) mass is 934 g/mol. The first-order valence-electron chi connectivity index (χ1n) is 27.3. The van der Waals surface area contributed by atoms with E-state index in [1.165, 1.54) is 122 Å². The predicted molar refractivity (Wildman–Crippen MR) is 307 cm³/mol. The smallest absolute Gasteiger partial charge is 0.0156 e. The SMILES string of the molecule is CC1=CC2C(C3=CCC4c5ccccc5C5=CC=CC3C54)=CC3=C(c4c(cc(-c5ccc6c7c5CCC=C7c5c(-c7ccccc7)c7c(c(-c8ccccc8)c5-6)CCC=C7)c5cc(C)ccc45)C3(C)C)C2C=C1. The third-order valence-corrected chi connectivity index (χ3v) is 19.1. The van der Waals surface area contributed by atoms with Gasteiger partial charge < -0.3 is 0 Å². The Morgan fingerprint density at radius 1 is 0.548 bits per heavy atom. The molecule has 5 unspecified atom stereocenters. The Hall–Kier alpha value is -7.54. The molecule has 0 fully saturated rings. The molecule has 350 valence electrons. The maximum Gasteiger partial charge on any atom is 0.0156 e. The van der Waals surface area contributed by atoms with Crippen LogP contribution in [0.4, 0.5) is 0 Å². The molecule has 7 aromatic rings. The number of rotatable bonds is 4. The van der Waals surface area contributed by atoms with Gasteiger partial charge in [-0.05, 0) is 197 Å². The fourth-order valence-corrected chi connectivity index (χ4v) is 16.1. The van der Waals surface area contributed by atoms with Gasteiger partial charge in [0.15, 0.2) is 0 Å². The van der Waals surface area contributed by atoms with Gasteiger partial charge in [-0.1, -0.05) is 207 Å². The number of hydrogen-bond donors (Lipinski definition) is 0. The van der Waals surface area contributed by atoms with Crippen LogP contribution in [0.2, 0.25) is 0 Å². The van der Waals surface area contributed by atoms with E-state index in [1.807, 2.05) is 0 Å². The van der Waals surface area contributed by atoms with Gasteiger partial charge in [0.05, 0.1) is 0 Å². The number of fused-ring (bicyclic) bond motifs is 13. The van der Waals surface area contributed by atoms with E-state index in [4.69, 9.17) is 0 Å². The summed E-state index contributed by atoms with van der Waals surface area (Å²) in [4.78, 5) is 0. The molecule has 9 aliphatic rings. The standard InChI is InChI=1S/C73H58/c1-41-29-31-55-59(37-41)61(47-33-35-54-46-22-12-11-21-45(46)49-25-15-26-50(47)67(49)54)39-63-69(55)70-56-32-30-42(2)38-60(56)62(40-64(70)73(63,3)4)48-34-36-58-68-51(48)27-16-28-57(68)71-65(43-17-7-5-8-18-43)52-23-13-14-24-53(52)66(72(58)71)44-19-9-6-10-20-44/h5-13,15,17-23,25-26,28-34,36-40,50,54-55,59,67H,14,16,24,27,35H2,1-4H3. The summed E-state index contributed by atoms with van der Waals surface area (Å²) in [5, 5.41) is 2.78. The number of aryl methyl sites for hydroxylation is 1. The minimum absolute atomic E-state index is 0.204. The van der Waals surface area contributed by atoms with Gasteiger partial charge in [0.1, 0.15) is 0 Å². The van der Waals surface area contributed by atoms with Crippen LogP contribution in [0, 0.1) is 30.6 Å². The van der Waals surface area contributed by atoms with E-state index in [2.05, 4.69) is 216 Å². The summed E-state index contributed by atoms with van der Waals surface area (Å²) < 4.78 is 0. The van der Waals surface area contributed by atoms with Gasteiger partial charge >= 0.3 is 0 Å². The summed E-state index contributed by atoms with van der Waals surface area (Å²) in [6.07, 6.45) is 33.0. The third-order valence-electron chi connectivity index (χ3n) is 19.1. The number of hydrogen-bond acceptors (Lipinski definition) is 0. The van der Waals surface area contributed by atoms with Crippen LogP contribution in [0.1, 0.15) is 102 Å². The Kier molecular flexibility index (Phi) is 8.78. The van der Waals surface area contributed by atoms with Crippen molar-refractivity contribution in [3.63, 3.8) is 0 Å². The molecule has 0 aliphatic heterocycles. The molecule has 0 nitrogen and oxygen atoms in total. The molecule has 7 aromatic carbocycles. The summed E-state index contributed by atoms with van der Waals surface area (Å²) in [5.74, 6) is 1.97. The maximum atomic E-state index is 2.72. The van der Waals surface area contributed by atoms with E-state index >= 15 is 0 Å². The highest BCUT2D eigenvalue weighted by molar-refractivity contribution is 6.16. The first-order chi connectivity index (χ1) is 35.8. The second kappa shape index (κ2) is 15.3. The lowest BCUT2D eigenvalue weighted by Gasteiger charge is -2.42. The molecule has 5 atom stereocenters. The topological polar surface area (TPSA) is 0 Å². The second-order valence-electron chi connectivity index (χ2n) is 23.2. The highest BCUT2D eigenvalue weighted by Crippen LogP contribution is 2.64.